The summed E-state index contributed by atoms with van der Waals surface area (Å²) in [6.45, 7) is 4.36. The molecule has 0 atom stereocenters. The fourth-order valence-electron chi connectivity index (χ4n) is 1.81. The molecule has 88 valence electrons. The first-order valence-electron chi connectivity index (χ1n) is 5.84. The maximum Gasteiger partial charge on any atom is 0.228 e. The van der Waals surface area contributed by atoms with E-state index in [1.807, 2.05) is 24.3 Å². The Kier molecular flexibility index (Phi) is 3.43. The second-order valence-corrected chi connectivity index (χ2v) is 4.60. The van der Waals surface area contributed by atoms with Crippen molar-refractivity contribution in [2.24, 2.45) is 5.92 Å². The van der Waals surface area contributed by atoms with E-state index in [2.05, 4.69) is 13.8 Å². The molecule has 0 aliphatic rings. The summed E-state index contributed by atoms with van der Waals surface area (Å²) in [5.41, 5.74) is 1.93. The van der Waals surface area contributed by atoms with Crippen LogP contribution >= 0.6 is 0 Å². The Bertz CT molecular complexity index is 478. The molecule has 2 nitrogen and oxygen atoms in total. The number of benzene rings is 1. The minimum Gasteiger partial charge on any atom is -0.461 e. The van der Waals surface area contributed by atoms with Gasteiger partial charge in [-0.15, -0.1) is 0 Å². The quantitative estimate of drug-likeness (QED) is 0.747. The van der Waals surface area contributed by atoms with Gasteiger partial charge in [-0.05, 0) is 30.0 Å². The number of carbonyl (C=O) groups is 1. The van der Waals surface area contributed by atoms with Gasteiger partial charge in [-0.3, -0.25) is 4.79 Å². The Hall–Kier alpha value is -1.83. The van der Waals surface area contributed by atoms with Crippen LogP contribution in [0.2, 0.25) is 0 Å². The molecular weight excluding hydrogens is 212 g/mol. The van der Waals surface area contributed by atoms with Crippen molar-refractivity contribution in [1.82, 2.24) is 0 Å². The van der Waals surface area contributed by atoms with Gasteiger partial charge in [0.1, 0.15) is 0 Å². The second-order valence-electron chi connectivity index (χ2n) is 4.60. The summed E-state index contributed by atoms with van der Waals surface area (Å²) in [5.74, 6) is 0.953. The topological polar surface area (TPSA) is 30.2 Å². The van der Waals surface area contributed by atoms with Crippen molar-refractivity contribution in [3.63, 3.8) is 0 Å². The van der Waals surface area contributed by atoms with Gasteiger partial charge in [0.05, 0.1) is 6.26 Å². The van der Waals surface area contributed by atoms with Crippen LogP contribution in [0.3, 0.4) is 0 Å². The molecule has 2 aromatic rings. The third-order valence-electron chi connectivity index (χ3n) is 2.61. The summed E-state index contributed by atoms with van der Waals surface area (Å²) in [5, 5.41) is 0. The van der Waals surface area contributed by atoms with Gasteiger partial charge in [0.15, 0.2) is 5.76 Å². The zero-order valence-corrected chi connectivity index (χ0v) is 10.1. The first-order chi connectivity index (χ1) is 8.16. The smallest absolute Gasteiger partial charge is 0.228 e. The molecule has 0 spiro atoms. The maximum absolute atomic E-state index is 11.9. The molecule has 0 fully saturated rings. The molecule has 0 N–H and O–H groups in total. The monoisotopic (exact) mass is 228 g/mol. The summed E-state index contributed by atoms with van der Waals surface area (Å²) in [4.78, 5) is 11.9. The first kappa shape index (κ1) is 11.6. The van der Waals surface area contributed by atoms with Crippen molar-refractivity contribution in [1.29, 1.82) is 0 Å². The van der Waals surface area contributed by atoms with Gasteiger partial charge >= 0.3 is 0 Å². The Morgan fingerprint density at radius 3 is 2.41 bits per heavy atom. The third-order valence-corrected chi connectivity index (χ3v) is 2.61. The highest BCUT2D eigenvalue weighted by Crippen LogP contribution is 2.13. The normalized spacial score (nSPS) is 10.8. The molecule has 2 rings (SSSR count). The molecule has 0 radical (unpaired) electrons. The molecule has 17 heavy (non-hydrogen) atoms. The zero-order valence-electron chi connectivity index (χ0n) is 10.1. The predicted molar refractivity (Wildman–Crippen MR) is 67.1 cm³/mol. The van der Waals surface area contributed by atoms with Gasteiger partial charge in [-0.2, -0.15) is 0 Å². The van der Waals surface area contributed by atoms with Crippen LogP contribution in [0, 0.1) is 5.92 Å². The molecule has 0 unspecified atom stereocenters. The van der Waals surface area contributed by atoms with Crippen molar-refractivity contribution in [3.05, 3.63) is 59.5 Å². The summed E-state index contributed by atoms with van der Waals surface area (Å²) in [7, 11) is 0. The van der Waals surface area contributed by atoms with Gasteiger partial charge in [-0.25, -0.2) is 0 Å². The van der Waals surface area contributed by atoms with E-state index < -0.39 is 0 Å². The van der Waals surface area contributed by atoms with Crippen LogP contribution < -0.4 is 0 Å². The lowest BCUT2D eigenvalue weighted by atomic mass is 10.0. The molecule has 1 aromatic heterocycles. The van der Waals surface area contributed by atoms with E-state index in [-0.39, 0.29) is 5.78 Å². The standard InChI is InChI=1S/C15H16O2/c1-11(2)10-12-5-7-13(8-6-12)15(16)14-4-3-9-17-14/h3-9,11H,10H2,1-2H3. The average molecular weight is 228 g/mol. The van der Waals surface area contributed by atoms with Crippen molar-refractivity contribution >= 4 is 5.78 Å². The summed E-state index contributed by atoms with van der Waals surface area (Å²) in [6, 6.07) is 11.2. The Balaban J connectivity index is 2.15. The summed E-state index contributed by atoms with van der Waals surface area (Å²) in [6.07, 6.45) is 2.55. The highest BCUT2D eigenvalue weighted by molar-refractivity contribution is 6.07. The molecule has 0 aliphatic heterocycles. The second kappa shape index (κ2) is 5.00. The molecule has 1 aromatic carbocycles. The maximum atomic E-state index is 11.9. The number of hydrogen-bond donors (Lipinski definition) is 0. The third kappa shape index (κ3) is 2.84. The lowest BCUT2D eigenvalue weighted by Gasteiger charge is -2.05. The minimum atomic E-state index is -0.0638. The Labute approximate surface area is 101 Å². The van der Waals surface area contributed by atoms with Gasteiger partial charge in [0.25, 0.3) is 0 Å². The molecule has 0 saturated heterocycles. The van der Waals surface area contributed by atoms with Crippen molar-refractivity contribution in [2.45, 2.75) is 20.3 Å². The van der Waals surface area contributed by atoms with Crippen LogP contribution in [0.1, 0.15) is 35.5 Å². The van der Waals surface area contributed by atoms with E-state index in [1.165, 1.54) is 11.8 Å². The highest BCUT2D eigenvalue weighted by Gasteiger charge is 2.11. The number of rotatable bonds is 4. The van der Waals surface area contributed by atoms with Crippen molar-refractivity contribution in [3.8, 4) is 0 Å². The largest absolute Gasteiger partial charge is 0.461 e. The summed E-state index contributed by atoms with van der Waals surface area (Å²) < 4.78 is 5.09. The van der Waals surface area contributed by atoms with Crippen LogP contribution in [-0.4, -0.2) is 5.78 Å². The van der Waals surface area contributed by atoms with E-state index in [0.29, 0.717) is 17.2 Å². The van der Waals surface area contributed by atoms with E-state index in [0.717, 1.165) is 6.42 Å². The van der Waals surface area contributed by atoms with Crippen LogP contribution in [0.25, 0.3) is 0 Å². The van der Waals surface area contributed by atoms with Gasteiger partial charge in [0.2, 0.25) is 5.78 Å². The zero-order chi connectivity index (χ0) is 12.3. The van der Waals surface area contributed by atoms with Gasteiger partial charge in [-0.1, -0.05) is 38.1 Å². The minimum absolute atomic E-state index is 0.0638. The fraction of sp³-hybridized carbons (Fsp3) is 0.267. The molecule has 2 heteroatoms. The van der Waals surface area contributed by atoms with Crippen LogP contribution in [0.5, 0.6) is 0 Å². The lowest BCUT2D eigenvalue weighted by molar-refractivity contribution is 0.101. The van der Waals surface area contributed by atoms with Crippen LogP contribution in [0.15, 0.2) is 47.1 Å². The fourth-order valence-corrected chi connectivity index (χ4v) is 1.81. The van der Waals surface area contributed by atoms with Gasteiger partial charge < -0.3 is 4.42 Å². The van der Waals surface area contributed by atoms with E-state index in [9.17, 15) is 4.79 Å². The lowest BCUT2D eigenvalue weighted by Crippen LogP contribution is -2.00. The Morgan fingerprint density at radius 1 is 1.18 bits per heavy atom. The predicted octanol–water partition coefficient (Wildman–Crippen LogP) is 3.71. The summed E-state index contributed by atoms with van der Waals surface area (Å²) >= 11 is 0. The highest BCUT2D eigenvalue weighted by atomic mass is 16.3. The molecule has 0 aliphatic carbocycles. The van der Waals surface area contributed by atoms with Crippen molar-refractivity contribution < 1.29 is 9.21 Å². The number of ketones is 1. The Morgan fingerprint density at radius 2 is 1.88 bits per heavy atom. The number of furan rings is 1. The van der Waals surface area contributed by atoms with Crippen LogP contribution in [-0.2, 0) is 6.42 Å². The van der Waals surface area contributed by atoms with Gasteiger partial charge in [0, 0.05) is 5.56 Å². The first-order valence-corrected chi connectivity index (χ1v) is 5.84. The van der Waals surface area contributed by atoms with E-state index in [1.54, 1.807) is 12.1 Å². The van der Waals surface area contributed by atoms with E-state index in [4.69, 9.17) is 4.42 Å². The molecule has 0 amide bonds. The molecule has 0 saturated carbocycles. The van der Waals surface area contributed by atoms with E-state index >= 15 is 0 Å². The molecule has 1 heterocycles. The molecular formula is C15H16O2. The van der Waals surface area contributed by atoms with Crippen molar-refractivity contribution in [2.75, 3.05) is 0 Å². The SMILES string of the molecule is CC(C)Cc1ccc(C(=O)c2ccco2)cc1. The molecule has 0 bridgehead atoms. The average Bonchev–Trinajstić information content (AvgIpc) is 2.82. The van der Waals surface area contributed by atoms with Crippen LogP contribution in [0.4, 0.5) is 0 Å². The number of carbonyl (C=O) groups excluding carboxylic acids is 1. The number of hydrogen-bond acceptors (Lipinski definition) is 2.